The van der Waals surface area contributed by atoms with Gasteiger partial charge in [0.05, 0.1) is 19.3 Å². The molecule has 30 heavy (non-hydrogen) atoms. The first-order valence-corrected chi connectivity index (χ1v) is 10.4. The van der Waals surface area contributed by atoms with Crippen LogP contribution in [0.15, 0.2) is 48.5 Å². The summed E-state index contributed by atoms with van der Waals surface area (Å²) >= 11 is 0. The number of carbonyl (C=O) groups excluding carboxylic acids is 1. The van der Waals surface area contributed by atoms with Crippen molar-refractivity contribution in [2.75, 3.05) is 50.2 Å². The molecule has 1 atom stereocenters. The smallest absolute Gasteiger partial charge is 0.243 e. The summed E-state index contributed by atoms with van der Waals surface area (Å²) in [5, 5.41) is 5.99. The maximum atomic E-state index is 12.3. The molecule has 7 nitrogen and oxygen atoms in total. The molecule has 162 valence electrons. The van der Waals surface area contributed by atoms with E-state index >= 15 is 0 Å². The van der Waals surface area contributed by atoms with E-state index in [4.69, 9.17) is 18.9 Å². The maximum Gasteiger partial charge on any atom is 0.243 e. The van der Waals surface area contributed by atoms with Gasteiger partial charge in [-0.2, -0.15) is 0 Å². The quantitative estimate of drug-likeness (QED) is 0.516. The second-order valence-electron chi connectivity index (χ2n) is 6.95. The second kappa shape index (κ2) is 12.0. The lowest BCUT2D eigenvalue weighted by Crippen LogP contribution is -2.21. The van der Waals surface area contributed by atoms with Crippen LogP contribution in [-0.2, 0) is 14.3 Å². The zero-order chi connectivity index (χ0) is 21.0. The van der Waals surface area contributed by atoms with Gasteiger partial charge in [0.25, 0.3) is 0 Å². The van der Waals surface area contributed by atoms with Crippen molar-refractivity contribution in [3.05, 3.63) is 48.5 Å². The number of anilines is 2. The number of nitrogens with one attached hydrogen (secondary N) is 2. The van der Waals surface area contributed by atoms with Crippen molar-refractivity contribution in [2.45, 2.75) is 25.9 Å². The third-order valence-electron chi connectivity index (χ3n) is 4.59. The number of ether oxygens (including phenoxy) is 4. The molecule has 1 unspecified atom stereocenters. The molecule has 2 N–H and O–H groups in total. The molecule has 0 aromatic heterocycles. The molecular weight excluding hydrogens is 384 g/mol. The van der Waals surface area contributed by atoms with E-state index in [1.165, 1.54) is 0 Å². The van der Waals surface area contributed by atoms with E-state index in [2.05, 4.69) is 10.6 Å². The molecule has 2 aromatic carbocycles. The first kappa shape index (κ1) is 21.9. The van der Waals surface area contributed by atoms with Crippen LogP contribution in [0.3, 0.4) is 0 Å². The molecule has 0 spiro atoms. The molecule has 0 radical (unpaired) electrons. The zero-order valence-corrected chi connectivity index (χ0v) is 17.4. The van der Waals surface area contributed by atoms with Crippen LogP contribution < -0.4 is 20.1 Å². The van der Waals surface area contributed by atoms with Gasteiger partial charge in [0.2, 0.25) is 5.91 Å². The van der Waals surface area contributed by atoms with Crippen molar-refractivity contribution >= 4 is 17.3 Å². The van der Waals surface area contributed by atoms with Gasteiger partial charge in [0.1, 0.15) is 24.7 Å². The lowest BCUT2D eigenvalue weighted by Gasteiger charge is -2.13. The summed E-state index contributed by atoms with van der Waals surface area (Å²) < 4.78 is 22.2. The van der Waals surface area contributed by atoms with Crippen LogP contribution in [-0.4, -0.2) is 51.6 Å². The maximum absolute atomic E-state index is 12.3. The minimum atomic E-state index is -0.136. The fraction of sp³-hybridized carbons (Fsp3) is 0.435. The molecular formula is C23H30N2O5. The highest BCUT2D eigenvalue weighted by atomic mass is 16.5. The van der Waals surface area contributed by atoms with Gasteiger partial charge in [0.15, 0.2) is 0 Å². The highest BCUT2D eigenvalue weighted by molar-refractivity contribution is 5.93. The third-order valence-corrected chi connectivity index (χ3v) is 4.59. The number of hydrogen-bond acceptors (Lipinski definition) is 6. The summed E-state index contributed by atoms with van der Waals surface area (Å²) in [7, 11) is 0. The summed E-state index contributed by atoms with van der Waals surface area (Å²) in [6.07, 6.45) is 2.28. The molecule has 1 amide bonds. The van der Waals surface area contributed by atoms with Crippen LogP contribution in [0.25, 0.3) is 0 Å². The van der Waals surface area contributed by atoms with Gasteiger partial charge in [-0.05, 0) is 56.2 Å². The number of hydrogen-bond donors (Lipinski definition) is 2. The van der Waals surface area contributed by atoms with Gasteiger partial charge in [-0.1, -0.05) is 6.07 Å². The first-order chi connectivity index (χ1) is 14.7. The molecule has 1 heterocycles. The average molecular weight is 415 g/mol. The van der Waals surface area contributed by atoms with E-state index in [-0.39, 0.29) is 18.6 Å². The van der Waals surface area contributed by atoms with Crippen LogP contribution in [0.1, 0.15) is 19.8 Å². The van der Waals surface area contributed by atoms with E-state index in [1.54, 1.807) is 0 Å². The molecule has 1 aliphatic rings. The minimum absolute atomic E-state index is 0.136. The van der Waals surface area contributed by atoms with Gasteiger partial charge in [0, 0.05) is 30.7 Å². The van der Waals surface area contributed by atoms with Crippen molar-refractivity contribution in [3.8, 4) is 11.5 Å². The topological polar surface area (TPSA) is 78.1 Å². The standard InChI is InChI=1S/C23H30N2O5/c1-2-27-13-14-29-20-10-8-18(9-11-20)24-16-23(26)25-19-5-3-6-21(15-19)30-17-22-7-4-12-28-22/h3,5-6,8-11,15,22,24H,2,4,7,12-14,16-17H2,1H3,(H,25,26). The van der Waals surface area contributed by atoms with Gasteiger partial charge in [-0.3, -0.25) is 4.79 Å². The van der Waals surface area contributed by atoms with E-state index in [1.807, 2.05) is 55.5 Å². The second-order valence-corrected chi connectivity index (χ2v) is 6.95. The van der Waals surface area contributed by atoms with Crippen LogP contribution in [0.4, 0.5) is 11.4 Å². The van der Waals surface area contributed by atoms with Gasteiger partial charge < -0.3 is 29.6 Å². The predicted molar refractivity (Wildman–Crippen MR) is 116 cm³/mol. The first-order valence-electron chi connectivity index (χ1n) is 10.4. The summed E-state index contributed by atoms with van der Waals surface area (Å²) in [6, 6.07) is 14.9. The molecule has 1 saturated heterocycles. The minimum Gasteiger partial charge on any atom is -0.491 e. The Bertz CT molecular complexity index is 775. The summed E-state index contributed by atoms with van der Waals surface area (Å²) in [6.45, 7) is 5.21. The molecule has 0 bridgehead atoms. The van der Waals surface area contributed by atoms with E-state index in [9.17, 15) is 4.79 Å². The van der Waals surface area contributed by atoms with Crippen molar-refractivity contribution < 1.29 is 23.7 Å². The molecule has 1 aliphatic heterocycles. The molecule has 7 heteroatoms. The number of amides is 1. The summed E-state index contributed by atoms with van der Waals surface area (Å²) in [4.78, 5) is 12.3. The predicted octanol–water partition coefficient (Wildman–Crippen LogP) is 3.71. The summed E-state index contributed by atoms with van der Waals surface area (Å²) in [5.74, 6) is 1.35. The third kappa shape index (κ3) is 7.57. The van der Waals surface area contributed by atoms with E-state index < -0.39 is 0 Å². The lowest BCUT2D eigenvalue weighted by molar-refractivity contribution is -0.114. The average Bonchev–Trinajstić information content (AvgIpc) is 3.29. The van der Waals surface area contributed by atoms with Gasteiger partial charge in [-0.25, -0.2) is 0 Å². The Morgan fingerprint density at radius 2 is 1.93 bits per heavy atom. The van der Waals surface area contributed by atoms with Crippen molar-refractivity contribution in [1.29, 1.82) is 0 Å². The Hall–Kier alpha value is -2.77. The SMILES string of the molecule is CCOCCOc1ccc(NCC(=O)Nc2cccc(OCC3CCCO3)c2)cc1. The van der Waals surface area contributed by atoms with Gasteiger partial charge >= 0.3 is 0 Å². The Morgan fingerprint density at radius 3 is 2.70 bits per heavy atom. The van der Waals surface area contributed by atoms with Crippen LogP contribution in [0, 0.1) is 0 Å². The fourth-order valence-corrected chi connectivity index (χ4v) is 3.05. The van der Waals surface area contributed by atoms with Crippen LogP contribution in [0.2, 0.25) is 0 Å². The molecule has 0 saturated carbocycles. The van der Waals surface area contributed by atoms with E-state index in [0.29, 0.717) is 32.1 Å². The zero-order valence-electron chi connectivity index (χ0n) is 17.4. The summed E-state index contributed by atoms with van der Waals surface area (Å²) in [5.41, 5.74) is 1.54. The lowest BCUT2D eigenvalue weighted by atomic mass is 10.2. The number of rotatable bonds is 12. The normalized spacial score (nSPS) is 15.6. The van der Waals surface area contributed by atoms with Crippen LogP contribution in [0.5, 0.6) is 11.5 Å². The monoisotopic (exact) mass is 414 g/mol. The highest BCUT2D eigenvalue weighted by Crippen LogP contribution is 2.20. The molecule has 2 aromatic rings. The van der Waals surface area contributed by atoms with Crippen molar-refractivity contribution in [1.82, 2.24) is 0 Å². The fourth-order valence-electron chi connectivity index (χ4n) is 3.05. The van der Waals surface area contributed by atoms with Crippen LogP contribution >= 0.6 is 0 Å². The Kier molecular flexibility index (Phi) is 8.80. The van der Waals surface area contributed by atoms with Gasteiger partial charge in [-0.15, -0.1) is 0 Å². The van der Waals surface area contributed by atoms with E-state index in [0.717, 1.165) is 36.6 Å². The molecule has 3 rings (SSSR count). The molecule has 1 fully saturated rings. The largest absolute Gasteiger partial charge is 0.491 e. The highest BCUT2D eigenvalue weighted by Gasteiger charge is 2.16. The Labute approximate surface area is 177 Å². The van der Waals surface area contributed by atoms with Crippen molar-refractivity contribution in [2.24, 2.45) is 0 Å². The van der Waals surface area contributed by atoms with Crippen molar-refractivity contribution in [3.63, 3.8) is 0 Å². The molecule has 0 aliphatic carbocycles. The Morgan fingerprint density at radius 1 is 1.07 bits per heavy atom. The number of benzene rings is 2. The Balaban J connectivity index is 1.39. The number of carbonyl (C=O) groups is 1.